The van der Waals surface area contributed by atoms with E-state index in [1.54, 1.807) is 42.5 Å². The molecule has 2 aromatic carbocycles. The van der Waals surface area contributed by atoms with E-state index in [2.05, 4.69) is 0 Å². The highest BCUT2D eigenvalue weighted by atomic mass is 32.2. The van der Waals surface area contributed by atoms with Crippen LogP contribution in [0.15, 0.2) is 59.5 Å². The van der Waals surface area contributed by atoms with Crippen LogP contribution in [0.3, 0.4) is 0 Å². The summed E-state index contributed by atoms with van der Waals surface area (Å²) in [5.74, 6) is -0.406. The predicted octanol–water partition coefficient (Wildman–Crippen LogP) is 4.26. The molecule has 0 aliphatic rings. The molecule has 0 aliphatic heterocycles. The number of aryl methyl sites for hydroxylation is 1. The number of ketones is 1. The highest BCUT2D eigenvalue weighted by molar-refractivity contribution is 7.93. The SMILES string of the molecule is CCC(C)CC(=O)C(CC=O)(c1ccccc1)S(=O)(=O)c1ccc(C)cc1. The van der Waals surface area contributed by atoms with Gasteiger partial charge < -0.3 is 4.79 Å². The van der Waals surface area contributed by atoms with Crippen LogP contribution in [0.1, 0.15) is 44.2 Å². The van der Waals surface area contributed by atoms with Gasteiger partial charge in [-0.2, -0.15) is 0 Å². The van der Waals surface area contributed by atoms with E-state index < -0.39 is 26.8 Å². The summed E-state index contributed by atoms with van der Waals surface area (Å²) in [6, 6.07) is 14.8. The maximum atomic E-state index is 13.7. The Morgan fingerprint density at radius 3 is 2.19 bits per heavy atom. The van der Waals surface area contributed by atoms with E-state index in [1.165, 1.54) is 12.1 Å². The third kappa shape index (κ3) is 4.03. The standard InChI is InChI=1S/C22H26O4S/c1-4-17(2)16-21(24)22(14-15-23,19-8-6-5-7-9-19)27(25,26)20-12-10-18(3)11-13-20/h5-13,15,17H,4,14,16H2,1-3H3. The first-order valence-corrected chi connectivity index (χ1v) is 10.6. The largest absolute Gasteiger partial charge is 0.303 e. The zero-order valence-electron chi connectivity index (χ0n) is 16.0. The van der Waals surface area contributed by atoms with Crippen molar-refractivity contribution < 1.29 is 18.0 Å². The second-order valence-corrected chi connectivity index (χ2v) is 9.20. The van der Waals surface area contributed by atoms with Crippen LogP contribution in [0.5, 0.6) is 0 Å². The Labute approximate surface area is 161 Å². The molecule has 0 saturated carbocycles. The Balaban J connectivity index is 2.76. The van der Waals surface area contributed by atoms with E-state index in [4.69, 9.17) is 0 Å². The maximum Gasteiger partial charge on any atom is 0.195 e. The lowest BCUT2D eigenvalue weighted by atomic mass is 9.86. The molecule has 4 nitrogen and oxygen atoms in total. The van der Waals surface area contributed by atoms with E-state index in [0.29, 0.717) is 11.8 Å². The average Bonchev–Trinajstić information content (AvgIpc) is 2.66. The third-order valence-corrected chi connectivity index (χ3v) is 7.52. The number of hydrogen-bond acceptors (Lipinski definition) is 4. The number of hydrogen-bond donors (Lipinski definition) is 0. The molecule has 2 aromatic rings. The van der Waals surface area contributed by atoms with Crippen LogP contribution in [-0.2, 0) is 24.2 Å². The molecule has 0 heterocycles. The van der Waals surface area contributed by atoms with Gasteiger partial charge in [0.25, 0.3) is 0 Å². The van der Waals surface area contributed by atoms with E-state index in [-0.39, 0.29) is 17.2 Å². The second kappa shape index (κ2) is 8.61. The van der Waals surface area contributed by atoms with E-state index in [9.17, 15) is 18.0 Å². The molecule has 0 radical (unpaired) electrons. The minimum atomic E-state index is -4.13. The lowest BCUT2D eigenvalue weighted by Crippen LogP contribution is -2.44. The van der Waals surface area contributed by atoms with Crippen LogP contribution < -0.4 is 0 Å². The van der Waals surface area contributed by atoms with Crippen molar-refractivity contribution in [2.75, 3.05) is 0 Å². The summed E-state index contributed by atoms with van der Waals surface area (Å²) in [6.07, 6.45) is 0.988. The summed E-state index contributed by atoms with van der Waals surface area (Å²) < 4.78 is 25.5. The first-order valence-electron chi connectivity index (χ1n) is 9.13. The number of sulfone groups is 1. The monoisotopic (exact) mass is 386 g/mol. The second-order valence-electron chi connectivity index (χ2n) is 7.02. The molecule has 2 rings (SSSR count). The van der Waals surface area contributed by atoms with Gasteiger partial charge in [-0.3, -0.25) is 4.79 Å². The molecule has 0 spiro atoms. The van der Waals surface area contributed by atoms with Crippen molar-refractivity contribution in [3.8, 4) is 0 Å². The average molecular weight is 387 g/mol. The fourth-order valence-corrected chi connectivity index (χ4v) is 5.19. The van der Waals surface area contributed by atoms with Crippen LogP contribution >= 0.6 is 0 Å². The van der Waals surface area contributed by atoms with Crippen molar-refractivity contribution in [3.05, 3.63) is 65.7 Å². The Hall–Kier alpha value is -2.27. The van der Waals surface area contributed by atoms with Gasteiger partial charge in [0, 0.05) is 12.8 Å². The molecule has 0 aromatic heterocycles. The minimum Gasteiger partial charge on any atom is -0.303 e. The quantitative estimate of drug-likeness (QED) is 0.604. The maximum absolute atomic E-state index is 13.7. The minimum absolute atomic E-state index is 0.0282. The molecule has 0 aliphatic carbocycles. The first kappa shape index (κ1) is 21.0. The number of carbonyl (C=O) groups is 2. The molecular formula is C22H26O4S. The molecule has 27 heavy (non-hydrogen) atoms. The van der Waals surface area contributed by atoms with Crippen molar-refractivity contribution in [2.45, 2.75) is 49.7 Å². The first-order chi connectivity index (χ1) is 12.8. The molecule has 0 saturated heterocycles. The van der Waals surface area contributed by atoms with Crippen molar-refractivity contribution in [2.24, 2.45) is 5.92 Å². The van der Waals surface area contributed by atoms with Crippen molar-refractivity contribution in [3.63, 3.8) is 0 Å². The van der Waals surface area contributed by atoms with Gasteiger partial charge >= 0.3 is 0 Å². The van der Waals surface area contributed by atoms with E-state index in [1.807, 2.05) is 20.8 Å². The summed E-state index contributed by atoms with van der Waals surface area (Å²) in [6.45, 7) is 5.73. The highest BCUT2D eigenvalue weighted by Gasteiger charge is 2.52. The molecule has 0 fully saturated rings. The van der Waals surface area contributed by atoms with Gasteiger partial charge in [0.05, 0.1) is 4.90 Å². The van der Waals surface area contributed by atoms with Crippen LogP contribution in [0, 0.1) is 12.8 Å². The molecule has 0 N–H and O–H groups in total. The van der Waals surface area contributed by atoms with Crippen molar-refractivity contribution in [1.82, 2.24) is 0 Å². The number of aldehydes is 1. The Bertz CT molecular complexity index is 886. The van der Waals surface area contributed by atoms with Gasteiger partial charge in [0.1, 0.15) is 6.29 Å². The molecule has 5 heteroatoms. The van der Waals surface area contributed by atoms with Gasteiger partial charge in [-0.25, -0.2) is 8.42 Å². The Kier molecular flexibility index (Phi) is 6.71. The van der Waals surface area contributed by atoms with Gasteiger partial charge in [-0.05, 0) is 30.5 Å². The number of carbonyl (C=O) groups excluding carboxylic acids is 2. The van der Waals surface area contributed by atoms with Gasteiger partial charge in [0.15, 0.2) is 20.4 Å². The van der Waals surface area contributed by atoms with E-state index >= 15 is 0 Å². The fraction of sp³-hybridized carbons (Fsp3) is 0.364. The van der Waals surface area contributed by atoms with E-state index in [0.717, 1.165) is 12.0 Å². The highest BCUT2D eigenvalue weighted by Crippen LogP contribution is 2.41. The summed E-state index contributed by atoms with van der Waals surface area (Å²) in [5.41, 5.74) is 1.26. The van der Waals surface area contributed by atoms with Crippen LogP contribution in [-0.4, -0.2) is 20.5 Å². The predicted molar refractivity (Wildman–Crippen MR) is 106 cm³/mol. The van der Waals surface area contributed by atoms with Crippen LogP contribution in [0.2, 0.25) is 0 Å². The smallest absolute Gasteiger partial charge is 0.195 e. The number of rotatable bonds is 9. The van der Waals surface area contributed by atoms with Crippen LogP contribution in [0.4, 0.5) is 0 Å². The topological polar surface area (TPSA) is 68.3 Å². The molecule has 2 atom stereocenters. The van der Waals surface area contributed by atoms with Gasteiger partial charge in [-0.15, -0.1) is 0 Å². The van der Waals surface area contributed by atoms with Gasteiger partial charge in [0.2, 0.25) is 0 Å². The molecule has 0 amide bonds. The third-order valence-electron chi connectivity index (χ3n) is 5.08. The normalized spacial score (nSPS) is 14.9. The summed E-state index contributed by atoms with van der Waals surface area (Å²) in [5, 5.41) is 0. The summed E-state index contributed by atoms with van der Waals surface area (Å²) >= 11 is 0. The molecular weight excluding hydrogens is 360 g/mol. The number of benzene rings is 2. The molecule has 144 valence electrons. The zero-order valence-corrected chi connectivity index (χ0v) is 16.8. The van der Waals surface area contributed by atoms with Crippen LogP contribution in [0.25, 0.3) is 0 Å². The summed E-state index contributed by atoms with van der Waals surface area (Å²) in [4.78, 5) is 25.0. The molecule has 2 unspecified atom stereocenters. The fourth-order valence-electron chi connectivity index (χ4n) is 3.18. The number of Topliss-reactive ketones (excluding diaryl/α,β-unsaturated/α-hetero) is 1. The lowest BCUT2D eigenvalue weighted by molar-refractivity contribution is -0.124. The van der Waals surface area contributed by atoms with Crippen molar-refractivity contribution in [1.29, 1.82) is 0 Å². The Morgan fingerprint density at radius 1 is 1.07 bits per heavy atom. The summed E-state index contributed by atoms with van der Waals surface area (Å²) in [7, 11) is -4.13. The Morgan fingerprint density at radius 2 is 1.67 bits per heavy atom. The zero-order chi connectivity index (χ0) is 20.1. The van der Waals surface area contributed by atoms with Crippen molar-refractivity contribution >= 4 is 21.9 Å². The molecule has 0 bridgehead atoms. The van der Waals surface area contributed by atoms with Gasteiger partial charge in [-0.1, -0.05) is 68.3 Å². The lowest BCUT2D eigenvalue weighted by Gasteiger charge is -2.32.